The third-order valence-electron chi connectivity index (χ3n) is 2.12. The molecule has 0 saturated carbocycles. The predicted octanol–water partition coefficient (Wildman–Crippen LogP) is 1.50. The Bertz CT molecular complexity index is 446. The molecule has 0 bridgehead atoms. The number of aromatic nitrogens is 1. The van der Waals surface area contributed by atoms with Crippen molar-refractivity contribution < 1.29 is 14.7 Å². The van der Waals surface area contributed by atoms with Crippen LogP contribution in [-0.2, 0) is 0 Å². The van der Waals surface area contributed by atoms with E-state index in [0.717, 1.165) is 0 Å². The van der Waals surface area contributed by atoms with E-state index >= 15 is 0 Å². The smallest absolute Gasteiger partial charge is 0.334 e. The van der Waals surface area contributed by atoms with Crippen molar-refractivity contribution in [1.82, 2.24) is 9.99 Å². The quantitative estimate of drug-likeness (QED) is 0.330. The molecular formula is C9H13N5O4. The Morgan fingerprint density at radius 3 is 2.67 bits per heavy atom. The van der Waals surface area contributed by atoms with Crippen LogP contribution < -0.4 is 4.84 Å². The molecule has 0 N–H and O–H groups in total. The van der Waals surface area contributed by atoms with Crippen LogP contribution in [0.2, 0.25) is 0 Å². The number of rotatable bonds is 6. The lowest BCUT2D eigenvalue weighted by molar-refractivity contribution is -0.706. The monoisotopic (exact) mass is 255 g/mol. The molecule has 1 aromatic heterocycles. The van der Waals surface area contributed by atoms with Crippen LogP contribution in [0.1, 0.15) is 13.8 Å². The number of pyridine rings is 1. The van der Waals surface area contributed by atoms with E-state index in [4.69, 9.17) is 0 Å². The van der Waals surface area contributed by atoms with Crippen molar-refractivity contribution in [3.63, 3.8) is 0 Å². The van der Waals surface area contributed by atoms with Gasteiger partial charge in [-0.25, -0.2) is 4.98 Å². The Kier molecular flexibility index (Phi) is 4.78. The zero-order chi connectivity index (χ0) is 13.5. The van der Waals surface area contributed by atoms with E-state index in [1.165, 1.54) is 23.3 Å². The minimum atomic E-state index is -0.662. The standard InChI is InChI=1S/C9H13N5O4/c1-3-12(4-2)14(17)11-18-9-8(13(15)16)6-5-7-10-9/h5-7H,3-4H2,1-2H3/b14-11-. The first-order valence-corrected chi connectivity index (χ1v) is 5.29. The molecule has 1 rings (SSSR count). The van der Waals surface area contributed by atoms with E-state index in [1.54, 1.807) is 13.8 Å². The first-order valence-electron chi connectivity index (χ1n) is 5.29. The summed E-state index contributed by atoms with van der Waals surface area (Å²) in [5.41, 5.74) is -0.353. The number of nitrogens with zero attached hydrogens (tertiary/aromatic N) is 5. The average molecular weight is 255 g/mol. The van der Waals surface area contributed by atoms with Crippen molar-refractivity contribution in [2.75, 3.05) is 13.1 Å². The minimum Gasteiger partial charge on any atom is -0.569 e. The van der Waals surface area contributed by atoms with Crippen molar-refractivity contribution in [1.29, 1.82) is 0 Å². The van der Waals surface area contributed by atoms with Crippen LogP contribution in [0.4, 0.5) is 5.69 Å². The molecule has 1 heterocycles. The number of hydrazine groups is 1. The first kappa shape index (κ1) is 13.6. The number of hydrogen-bond acceptors (Lipinski definition) is 6. The molecule has 1 aromatic rings. The molecule has 0 aromatic carbocycles. The van der Waals surface area contributed by atoms with E-state index in [-0.39, 0.29) is 16.5 Å². The maximum absolute atomic E-state index is 11.4. The molecule has 0 aliphatic rings. The Morgan fingerprint density at radius 2 is 2.11 bits per heavy atom. The highest BCUT2D eigenvalue weighted by Crippen LogP contribution is 2.22. The van der Waals surface area contributed by atoms with Gasteiger partial charge in [0.05, 0.1) is 23.0 Å². The molecule has 9 nitrogen and oxygen atoms in total. The topological polar surface area (TPSA) is 107 Å². The summed E-state index contributed by atoms with van der Waals surface area (Å²) in [5, 5.41) is 26.6. The van der Waals surface area contributed by atoms with E-state index in [0.29, 0.717) is 13.1 Å². The van der Waals surface area contributed by atoms with Gasteiger partial charge in [-0.2, -0.15) is 0 Å². The van der Waals surface area contributed by atoms with E-state index in [2.05, 4.69) is 15.1 Å². The Hall–Kier alpha value is -2.45. The molecule has 0 atom stereocenters. The second kappa shape index (κ2) is 6.33. The third kappa shape index (κ3) is 3.27. The highest BCUT2D eigenvalue weighted by Gasteiger charge is 2.18. The molecule has 9 heteroatoms. The van der Waals surface area contributed by atoms with Crippen molar-refractivity contribution in [3.05, 3.63) is 33.7 Å². The Morgan fingerprint density at radius 1 is 1.44 bits per heavy atom. The van der Waals surface area contributed by atoms with E-state index < -0.39 is 4.92 Å². The van der Waals surface area contributed by atoms with Crippen LogP contribution in [0.3, 0.4) is 0 Å². The zero-order valence-corrected chi connectivity index (χ0v) is 10.0. The normalized spacial score (nSPS) is 11.1. The van der Waals surface area contributed by atoms with E-state index in [1.807, 2.05) is 0 Å². The second-order valence-electron chi connectivity index (χ2n) is 3.15. The number of hydrogen-bond donors (Lipinski definition) is 0. The van der Waals surface area contributed by atoms with Gasteiger partial charge in [0.25, 0.3) is 0 Å². The van der Waals surface area contributed by atoms with Gasteiger partial charge in [0, 0.05) is 12.3 Å². The molecule has 18 heavy (non-hydrogen) atoms. The molecule has 0 fully saturated rings. The van der Waals surface area contributed by atoms with Gasteiger partial charge in [-0.1, -0.05) is 0 Å². The molecule has 0 spiro atoms. The summed E-state index contributed by atoms with van der Waals surface area (Å²) < 4.78 is 0. The molecule has 0 radical (unpaired) electrons. The zero-order valence-electron chi connectivity index (χ0n) is 10.0. The summed E-state index contributed by atoms with van der Waals surface area (Å²) in [6.07, 6.45) is 1.31. The van der Waals surface area contributed by atoms with Crippen LogP contribution in [-0.4, -0.2) is 33.0 Å². The minimum absolute atomic E-state index is 0.235. The molecule has 0 unspecified atom stereocenters. The van der Waals surface area contributed by atoms with Gasteiger partial charge >= 0.3 is 11.6 Å². The summed E-state index contributed by atoms with van der Waals surface area (Å²) in [5.74, 6) is -0.324. The molecule has 98 valence electrons. The van der Waals surface area contributed by atoms with Crippen molar-refractivity contribution in [2.45, 2.75) is 13.8 Å². The lowest BCUT2D eigenvalue weighted by atomic mass is 10.4. The third-order valence-corrected chi connectivity index (χ3v) is 2.12. The van der Waals surface area contributed by atoms with Gasteiger partial charge in [-0.05, 0) is 19.9 Å². The van der Waals surface area contributed by atoms with Crippen LogP contribution in [0.5, 0.6) is 5.88 Å². The van der Waals surface area contributed by atoms with Gasteiger partial charge in [0.2, 0.25) is 5.28 Å². The fourth-order valence-corrected chi connectivity index (χ4v) is 1.18. The van der Waals surface area contributed by atoms with Crippen molar-refractivity contribution in [3.8, 4) is 5.88 Å². The van der Waals surface area contributed by atoms with Crippen molar-refractivity contribution >= 4 is 5.69 Å². The summed E-state index contributed by atoms with van der Waals surface area (Å²) in [7, 11) is 0. The Labute approximate surface area is 103 Å². The maximum Gasteiger partial charge on any atom is 0.334 e. The second-order valence-corrected chi connectivity index (χ2v) is 3.15. The highest BCUT2D eigenvalue weighted by atomic mass is 16.7. The lowest BCUT2D eigenvalue weighted by Crippen LogP contribution is -2.30. The summed E-state index contributed by atoms with van der Waals surface area (Å²) in [6, 6.07) is 2.61. The van der Waals surface area contributed by atoms with Gasteiger partial charge in [0.15, 0.2) is 0 Å². The average Bonchev–Trinajstić information content (AvgIpc) is 2.38. The molecule has 0 saturated heterocycles. The lowest BCUT2D eigenvalue weighted by Gasteiger charge is -2.12. The first-order chi connectivity index (χ1) is 8.60. The predicted molar refractivity (Wildman–Crippen MR) is 60.5 cm³/mol. The largest absolute Gasteiger partial charge is 0.569 e. The molecule has 0 aliphatic carbocycles. The van der Waals surface area contributed by atoms with Gasteiger partial charge in [0.1, 0.15) is 0 Å². The number of nitro groups is 1. The van der Waals surface area contributed by atoms with Gasteiger partial charge in [-0.3, -0.25) is 15.0 Å². The molecule has 0 aliphatic heterocycles. The fraction of sp³-hybridized carbons (Fsp3) is 0.444. The van der Waals surface area contributed by atoms with Crippen LogP contribution >= 0.6 is 0 Å². The van der Waals surface area contributed by atoms with Crippen LogP contribution in [0, 0.1) is 15.3 Å². The summed E-state index contributed by atoms with van der Waals surface area (Å²) in [4.78, 5) is 18.6. The summed E-state index contributed by atoms with van der Waals surface area (Å²) >= 11 is 0. The Balaban J connectivity index is 2.85. The SMILES string of the molecule is CCN(CC)/[N+]([O-])=N/Oc1ncccc1[N+](=O)[O-]. The van der Waals surface area contributed by atoms with Crippen LogP contribution in [0.15, 0.2) is 23.6 Å². The molecular weight excluding hydrogens is 242 g/mol. The van der Waals surface area contributed by atoms with Crippen molar-refractivity contribution in [2.24, 2.45) is 5.28 Å². The molecule has 0 amide bonds. The summed E-state index contributed by atoms with van der Waals surface area (Å²) in [6.45, 7) is 4.43. The fourth-order valence-electron chi connectivity index (χ4n) is 1.18. The highest BCUT2D eigenvalue weighted by molar-refractivity contribution is 5.39. The van der Waals surface area contributed by atoms with Crippen LogP contribution in [0.25, 0.3) is 0 Å². The maximum atomic E-state index is 11.4. The van der Waals surface area contributed by atoms with E-state index in [9.17, 15) is 15.3 Å². The van der Waals surface area contributed by atoms with Gasteiger partial charge in [-0.15, -0.1) is 5.01 Å². The van der Waals surface area contributed by atoms with Gasteiger partial charge < -0.3 is 5.21 Å².